The lowest BCUT2D eigenvalue weighted by atomic mass is 9.84. The molecule has 126 valence electrons. The van der Waals surface area contributed by atoms with Crippen molar-refractivity contribution in [1.82, 2.24) is 5.32 Å². The van der Waals surface area contributed by atoms with Gasteiger partial charge in [-0.2, -0.15) is 0 Å². The minimum atomic E-state index is -0.957. The lowest BCUT2D eigenvalue weighted by Gasteiger charge is -2.36. The van der Waals surface area contributed by atoms with Crippen LogP contribution in [0.5, 0.6) is 0 Å². The number of hydrogen-bond donors (Lipinski definition) is 2. The van der Waals surface area contributed by atoms with E-state index in [0.29, 0.717) is 18.5 Å². The Morgan fingerprint density at radius 3 is 2.57 bits per heavy atom. The summed E-state index contributed by atoms with van der Waals surface area (Å²) in [5, 5.41) is 12.1. The summed E-state index contributed by atoms with van der Waals surface area (Å²) in [5.74, 6) is -1.02. The molecule has 2 rings (SSSR count). The van der Waals surface area contributed by atoms with Gasteiger partial charge in [-0.3, -0.25) is 4.79 Å². The first-order chi connectivity index (χ1) is 11.1. The Labute approximate surface area is 137 Å². The third kappa shape index (κ3) is 4.79. The monoisotopic (exact) mass is 319 g/mol. The molecule has 0 saturated heterocycles. The van der Waals surface area contributed by atoms with Gasteiger partial charge in [-0.25, -0.2) is 4.79 Å². The van der Waals surface area contributed by atoms with Gasteiger partial charge in [0.1, 0.15) is 0 Å². The molecule has 0 atom stereocenters. The van der Waals surface area contributed by atoms with Gasteiger partial charge in [0.05, 0.1) is 11.2 Å². The van der Waals surface area contributed by atoms with Crippen LogP contribution in [-0.2, 0) is 16.0 Å². The molecule has 1 saturated carbocycles. The van der Waals surface area contributed by atoms with Crippen molar-refractivity contribution in [3.63, 3.8) is 0 Å². The summed E-state index contributed by atoms with van der Waals surface area (Å²) in [5.41, 5.74) is 0.725. The number of rotatable bonds is 7. The van der Waals surface area contributed by atoms with Gasteiger partial charge >= 0.3 is 5.97 Å². The van der Waals surface area contributed by atoms with Crippen LogP contribution < -0.4 is 5.32 Å². The summed E-state index contributed by atoms with van der Waals surface area (Å²) >= 11 is 0. The number of carboxylic acids is 1. The highest BCUT2D eigenvalue weighted by molar-refractivity contribution is 5.89. The van der Waals surface area contributed by atoms with E-state index in [0.717, 1.165) is 25.7 Å². The number of carbonyl (C=O) groups excluding carboxylic acids is 1. The molecule has 0 bridgehead atoms. The maximum atomic E-state index is 12.1. The number of hydrogen-bond acceptors (Lipinski definition) is 3. The maximum Gasteiger partial charge on any atom is 0.335 e. The molecule has 0 radical (unpaired) electrons. The lowest BCUT2D eigenvalue weighted by Crippen LogP contribution is -2.45. The summed E-state index contributed by atoms with van der Waals surface area (Å²) in [7, 11) is 1.71. The van der Waals surface area contributed by atoms with Gasteiger partial charge < -0.3 is 15.2 Å². The third-order valence-corrected chi connectivity index (χ3v) is 4.67. The quantitative estimate of drug-likeness (QED) is 0.810. The molecular formula is C18H25NO4. The number of aryl methyl sites for hydroxylation is 1. The van der Waals surface area contributed by atoms with Gasteiger partial charge in [0, 0.05) is 20.1 Å². The molecule has 0 spiro atoms. The van der Waals surface area contributed by atoms with Crippen LogP contribution in [0.1, 0.15) is 54.4 Å². The zero-order valence-corrected chi connectivity index (χ0v) is 13.6. The van der Waals surface area contributed by atoms with Crippen LogP contribution in [0.3, 0.4) is 0 Å². The number of ether oxygens (including phenoxy) is 1. The van der Waals surface area contributed by atoms with Crippen LogP contribution in [0, 0.1) is 0 Å². The van der Waals surface area contributed by atoms with Gasteiger partial charge in [0.2, 0.25) is 5.91 Å². The topological polar surface area (TPSA) is 75.6 Å². The highest BCUT2D eigenvalue weighted by Crippen LogP contribution is 2.30. The number of methoxy groups -OCH3 is 1. The minimum absolute atomic E-state index is 0.0628. The van der Waals surface area contributed by atoms with Crippen molar-refractivity contribution in [2.75, 3.05) is 13.7 Å². The first kappa shape index (κ1) is 17.5. The smallest absolute Gasteiger partial charge is 0.335 e. The second-order valence-electron chi connectivity index (χ2n) is 6.19. The second kappa shape index (κ2) is 8.11. The molecule has 1 aliphatic carbocycles. The van der Waals surface area contributed by atoms with E-state index in [1.165, 1.54) is 6.42 Å². The van der Waals surface area contributed by atoms with E-state index >= 15 is 0 Å². The standard InChI is InChI=1S/C18H25NO4/c1-23-18(11-5-2-6-12-18)13-19-16(20)10-9-14-7-3-4-8-15(14)17(21)22/h3-4,7-8H,2,5-6,9-13H2,1H3,(H,19,20)(H,21,22). The Bertz CT molecular complexity index is 550. The van der Waals surface area contributed by atoms with E-state index in [4.69, 9.17) is 9.84 Å². The molecule has 23 heavy (non-hydrogen) atoms. The Morgan fingerprint density at radius 2 is 1.91 bits per heavy atom. The van der Waals surface area contributed by atoms with Crippen molar-refractivity contribution in [2.24, 2.45) is 0 Å². The van der Waals surface area contributed by atoms with Gasteiger partial charge in [0.25, 0.3) is 0 Å². The molecule has 0 aromatic heterocycles. The normalized spacial score (nSPS) is 16.7. The first-order valence-corrected chi connectivity index (χ1v) is 8.19. The average molecular weight is 319 g/mol. The molecule has 1 fully saturated rings. The highest BCUT2D eigenvalue weighted by atomic mass is 16.5. The molecule has 0 heterocycles. The molecule has 0 unspecified atom stereocenters. The fourth-order valence-electron chi connectivity index (χ4n) is 3.19. The predicted octanol–water partition coefficient (Wildman–Crippen LogP) is 2.78. The van der Waals surface area contributed by atoms with E-state index in [1.54, 1.807) is 31.4 Å². The second-order valence-corrected chi connectivity index (χ2v) is 6.19. The summed E-state index contributed by atoms with van der Waals surface area (Å²) in [6, 6.07) is 6.81. The van der Waals surface area contributed by atoms with E-state index in [1.807, 2.05) is 0 Å². The third-order valence-electron chi connectivity index (χ3n) is 4.67. The van der Waals surface area contributed by atoms with Gasteiger partial charge in [-0.1, -0.05) is 37.5 Å². The van der Waals surface area contributed by atoms with Crippen molar-refractivity contribution in [1.29, 1.82) is 0 Å². The molecule has 5 heteroatoms. The summed E-state index contributed by atoms with van der Waals surface area (Å²) in [6.07, 6.45) is 6.16. The Kier molecular flexibility index (Phi) is 6.16. The van der Waals surface area contributed by atoms with Crippen LogP contribution in [0.4, 0.5) is 0 Å². The first-order valence-electron chi connectivity index (χ1n) is 8.19. The average Bonchev–Trinajstić information content (AvgIpc) is 2.59. The number of aromatic carboxylic acids is 1. The summed E-state index contributed by atoms with van der Waals surface area (Å²) in [6.45, 7) is 0.531. The Hall–Kier alpha value is -1.88. The van der Waals surface area contributed by atoms with Crippen LogP contribution in [0.15, 0.2) is 24.3 Å². The Morgan fingerprint density at radius 1 is 1.22 bits per heavy atom. The number of carbonyl (C=O) groups is 2. The van der Waals surface area contributed by atoms with E-state index in [9.17, 15) is 9.59 Å². The van der Waals surface area contributed by atoms with Crippen molar-refractivity contribution in [2.45, 2.75) is 50.5 Å². The number of carboxylic acid groups (broad SMARTS) is 1. The maximum absolute atomic E-state index is 12.1. The summed E-state index contributed by atoms with van der Waals surface area (Å²) in [4.78, 5) is 23.2. The van der Waals surface area contributed by atoms with Crippen LogP contribution >= 0.6 is 0 Å². The molecule has 5 nitrogen and oxygen atoms in total. The Balaban J connectivity index is 1.85. The molecule has 1 aromatic carbocycles. The fraction of sp³-hybridized carbons (Fsp3) is 0.556. The van der Waals surface area contributed by atoms with Crippen molar-refractivity contribution < 1.29 is 19.4 Å². The van der Waals surface area contributed by atoms with E-state index in [2.05, 4.69) is 5.32 Å². The fourth-order valence-corrected chi connectivity index (χ4v) is 3.19. The lowest BCUT2D eigenvalue weighted by molar-refractivity contribution is -0.123. The van der Waals surface area contributed by atoms with Gasteiger partial charge in [-0.05, 0) is 30.9 Å². The van der Waals surface area contributed by atoms with Crippen molar-refractivity contribution in [3.05, 3.63) is 35.4 Å². The highest BCUT2D eigenvalue weighted by Gasteiger charge is 2.32. The molecule has 1 amide bonds. The zero-order valence-electron chi connectivity index (χ0n) is 13.6. The van der Waals surface area contributed by atoms with E-state index in [-0.39, 0.29) is 23.5 Å². The molecule has 1 aliphatic rings. The predicted molar refractivity (Wildman–Crippen MR) is 87.6 cm³/mol. The van der Waals surface area contributed by atoms with Crippen LogP contribution in [0.2, 0.25) is 0 Å². The SMILES string of the molecule is COC1(CNC(=O)CCc2ccccc2C(=O)O)CCCCC1. The largest absolute Gasteiger partial charge is 0.478 e. The number of amides is 1. The molecular weight excluding hydrogens is 294 g/mol. The summed E-state index contributed by atoms with van der Waals surface area (Å²) < 4.78 is 5.65. The van der Waals surface area contributed by atoms with Crippen LogP contribution in [0.25, 0.3) is 0 Å². The number of benzene rings is 1. The van der Waals surface area contributed by atoms with Crippen molar-refractivity contribution >= 4 is 11.9 Å². The van der Waals surface area contributed by atoms with Crippen LogP contribution in [-0.4, -0.2) is 36.2 Å². The number of nitrogens with one attached hydrogen (secondary N) is 1. The van der Waals surface area contributed by atoms with E-state index < -0.39 is 5.97 Å². The minimum Gasteiger partial charge on any atom is -0.478 e. The zero-order chi connectivity index (χ0) is 16.7. The van der Waals surface area contributed by atoms with Crippen molar-refractivity contribution in [3.8, 4) is 0 Å². The molecule has 0 aliphatic heterocycles. The molecule has 2 N–H and O–H groups in total. The van der Waals surface area contributed by atoms with Gasteiger partial charge in [0.15, 0.2) is 0 Å². The molecule has 1 aromatic rings. The van der Waals surface area contributed by atoms with Gasteiger partial charge in [-0.15, -0.1) is 0 Å².